The number of esters is 1. The summed E-state index contributed by atoms with van der Waals surface area (Å²) in [5.41, 5.74) is 10.3. The van der Waals surface area contributed by atoms with Crippen LogP contribution in [0.5, 0.6) is 0 Å². The topological polar surface area (TPSA) is 265 Å². The lowest BCUT2D eigenvalue weighted by atomic mass is 10.1. The van der Waals surface area contributed by atoms with Crippen LogP contribution in [0.3, 0.4) is 0 Å². The van der Waals surface area contributed by atoms with Crippen molar-refractivity contribution in [2.45, 2.75) is 94.1 Å². The van der Waals surface area contributed by atoms with Crippen molar-refractivity contribution in [1.82, 2.24) is 29.9 Å². The summed E-state index contributed by atoms with van der Waals surface area (Å²) in [6, 6.07) is 21.7. The zero-order valence-electron chi connectivity index (χ0n) is 40.6. The summed E-state index contributed by atoms with van der Waals surface area (Å²) in [4.78, 5) is 76.3. The number of rotatable bonds is 22. The molecule has 72 heavy (non-hydrogen) atoms. The highest BCUT2D eigenvalue weighted by atomic mass is 16.6. The van der Waals surface area contributed by atoms with Gasteiger partial charge in [0.05, 0.1) is 6.42 Å². The predicted octanol–water partition coefficient (Wildman–Crippen LogP) is 9.36. The minimum absolute atomic E-state index is 0. The lowest BCUT2D eigenvalue weighted by molar-refractivity contribution is -0.156. The third kappa shape index (κ3) is 20.0. The van der Waals surface area contributed by atoms with Crippen molar-refractivity contribution in [3.63, 3.8) is 0 Å². The number of nitrogens with zero attached hydrogens (tertiary/aromatic N) is 6. The first-order valence-corrected chi connectivity index (χ1v) is 23.3. The van der Waals surface area contributed by atoms with Gasteiger partial charge in [0.1, 0.15) is 28.4 Å². The van der Waals surface area contributed by atoms with Crippen LogP contribution in [0.4, 0.5) is 46.3 Å². The number of hydrogen-bond donors (Lipinski definition) is 8. The van der Waals surface area contributed by atoms with Crippen LogP contribution in [0, 0.1) is 5.92 Å². The van der Waals surface area contributed by atoms with E-state index in [0.29, 0.717) is 83.6 Å². The molecule has 384 valence electrons. The van der Waals surface area contributed by atoms with Crippen LogP contribution >= 0.6 is 0 Å². The summed E-state index contributed by atoms with van der Waals surface area (Å²) in [7, 11) is 0. The minimum atomic E-state index is -0.617. The molecule has 9 N–H and O–H groups in total. The average molecular weight is 985 g/mol. The lowest BCUT2D eigenvalue weighted by Crippen LogP contribution is -2.28. The number of nitrogens with two attached hydrogens (primary N) is 1. The number of nitrogen functional groups attached to an aromatic ring is 1. The van der Waals surface area contributed by atoms with Gasteiger partial charge in [-0.1, -0.05) is 47.8 Å². The van der Waals surface area contributed by atoms with Crippen LogP contribution in [-0.4, -0.2) is 85.4 Å². The maximum atomic E-state index is 13.2. The number of carbonyl (C=O) groups is 4. The number of ether oxygens (including phenoxy) is 1. The molecular weight excluding hydrogens is 913 g/mol. The molecule has 2 aromatic carbocycles. The fourth-order valence-corrected chi connectivity index (χ4v) is 6.44. The molecule has 0 aliphatic heterocycles. The lowest BCUT2D eigenvalue weighted by Gasteiger charge is -2.20. The van der Waals surface area contributed by atoms with Crippen molar-refractivity contribution in [2.24, 2.45) is 5.92 Å². The molecule has 0 bridgehead atoms. The van der Waals surface area contributed by atoms with Gasteiger partial charge in [0.2, 0.25) is 17.8 Å². The van der Waals surface area contributed by atoms with Gasteiger partial charge >= 0.3 is 5.97 Å². The molecule has 0 spiro atoms. The van der Waals surface area contributed by atoms with E-state index in [-0.39, 0.29) is 33.1 Å². The van der Waals surface area contributed by atoms with E-state index in [1.54, 1.807) is 101 Å². The molecule has 0 fully saturated rings. The van der Waals surface area contributed by atoms with E-state index in [4.69, 9.17) is 10.5 Å². The normalized spacial score (nSPS) is 10.9. The molecule has 19 heteroatoms. The number of nitrogens with one attached hydrogen (secondary N) is 7. The second kappa shape index (κ2) is 29.7. The van der Waals surface area contributed by atoms with Crippen LogP contribution in [-0.2, 0) is 27.2 Å². The van der Waals surface area contributed by atoms with Gasteiger partial charge in [0.25, 0.3) is 11.8 Å². The first-order chi connectivity index (χ1) is 33.7. The van der Waals surface area contributed by atoms with E-state index < -0.39 is 23.4 Å². The second-order valence-electron chi connectivity index (χ2n) is 17.1. The number of amides is 3. The van der Waals surface area contributed by atoms with Crippen LogP contribution in [0.2, 0.25) is 0 Å². The Labute approximate surface area is 423 Å². The molecular formula is C53H72N14O5. The maximum Gasteiger partial charge on any atom is 0.307 e. The largest absolute Gasteiger partial charge is 0.460 e. The Hall–Kier alpha value is -8.22. The number of anilines is 8. The third-order valence-corrected chi connectivity index (χ3v) is 9.92. The molecule has 6 rings (SSSR count). The molecule has 0 saturated carbocycles. The van der Waals surface area contributed by atoms with Crippen molar-refractivity contribution < 1.29 is 23.9 Å². The molecule has 0 radical (unpaired) electrons. The maximum absolute atomic E-state index is 13.2. The van der Waals surface area contributed by atoms with Gasteiger partial charge in [-0.05, 0) is 118 Å². The summed E-state index contributed by atoms with van der Waals surface area (Å²) in [6.07, 6.45) is 13.4. The predicted molar refractivity (Wildman–Crippen MR) is 289 cm³/mol. The molecule has 3 amide bonds. The molecule has 0 aliphatic carbocycles. The number of hydrogen-bond acceptors (Lipinski definition) is 16. The SMILES string of the molecule is C.C.CCCNc1nc(NCCc2ccncc2)ncc1C(=O)Nc1cccc(N)c1.CCCNc1nc(NCCc2ccncc2)ncc1C(=O)Nc1cccc(NC(=O)[C@H](C)CC(=O)OC(C)(C)C)c1. The van der Waals surface area contributed by atoms with E-state index in [1.165, 1.54) is 18.0 Å². The van der Waals surface area contributed by atoms with Gasteiger partial charge in [-0.25, -0.2) is 9.97 Å². The Morgan fingerprint density at radius 2 is 1.06 bits per heavy atom. The quantitative estimate of drug-likeness (QED) is 0.0233. The summed E-state index contributed by atoms with van der Waals surface area (Å²) >= 11 is 0. The smallest absolute Gasteiger partial charge is 0.307 e. The van der Waals surface area contributed by atoms with Crippen LogP contribution < -0.4 is 43.0 Å². The Morgan fingerprint density at radius 1 is 0.611 bits per heavy atom. The highest BCUT2D eigenvalue weighted by molar-refractivity contribution is 6.08. The average Bonchev–Trinajstić information content (AvgIpc) is 3.33. The van der Waals surface area contributed by atoms with Gasteiger partial charge in [-0.3, -0.25) is 29.1 Å². The minimum Gasteiger partial charge on any atom is -0.460 e. The van der Waals surface area contributed by atoms with Gasteiger partial charge in [-0.15, -0.1) is 0 Å². The van der Waals surface area contributed by atoms with Crippen LogP contribution in [0.1, 0.15) is 108 Å². The Morgan fingerprint density at radius 3 is 1.50 bits per heavy atom. The molecule has 19 nitrogen and oxygen atoms in total. The van der Waals surface area contributed by atoms with Gasteiger partial charge in [-0.2, -0.15) is 9.97 Å². The van der Waals surface area contributed by atoms with Crippen LogP contribution in [0.25, 0.3) is 0 Å². The molecule has 1 atom stereocenters. The molecule has 4 heterocycles. The van der Waals surface area contributed by atoms with Gasteiger partial charge in [0.15, 0.2) is 0 Å². The summed E-state index contributed by atoms with van der Waals surface area (Å²) in [6.45, 7) is 13.7. The van der Waals surface area contributed by atoms with E-state index in [1.807, 2.05) is 31.2 Å². The summed E-state index contributed by atoms with van der Waals surface area (Å²) in [5.74, 6) is -0.245. The Bertz CT molecular complexity index is 2630. The summed E-state index contributed by atoms with van der Waals surface area (Å²) < 4.78 is 5.30. The van der Waals surface area contributed by atoms with E-state index in [9.17, 15) is 19.2 Å². The zero-order chi connectivity index (χ0) is 50.3. The van der Waals surface area contributed by atoms with Gasteiger partial charge in [0, 0.05) is 92.0 Å². The standard InChI is InChI=1S/C30H39N7O4.C21H25N7O.2CH4/c1-6-13-32-26-24(19-34-29(37-26)33-16-12-21-10-14-31-15-11-21)28(40)36-23-9-7-8-22(18-23)35-27(39)20(2)17-25(38)41-30(3,4)5;1-2-9-24-19-18(20(29)27-17-5-3-4-16(22)13-17)14-26-21(28-19)25-12-8-15-6-10-23-11-7-15;;/h7-11,14-15,18-20H,6,12-13,16-17H2,1-5H3,(H,35,39)(H,36,40)(H2,32,33,34,37);3-7,10-11,13-14H,2,8-9,12,22H2,1H3,(H,27,29)(H2,24,25,26,28);2*1H4/t20-;;;/m1.../s1. The molecule has 4 aromatic heterocycles. The second-order valence-corrected chi connectivity index (χ2v) is 17.1. The first-order valence-electron chi connectivity index (χ1n) is 23.3. The third-order valence-electron chi connectivity index (χ3n) is 9.92. The van der Waals surface area contributed by atoms with Crippen LogP contribution in [0.15, 0.2) is 110 Å². The van der Waals surface area contributed by atoms with E-state index >= 15 is 0 Å². The van der Waals surface area contributed by atoms with E-state index in [0.717, 1.165) is 31.2 Å². The molecule has 0 unspecified atom stereocenters. The monoisotopic (exact) mass is 985 g/mol. The van der Waals surface area contributed by atoms with Gasteiger partial charge < -0.3 is 47.7 Å². The fraction of sp³-hybridized carbons (Fsp3) is 0.358. The molecule has 0 aliphatic rings. The molecule has 0 saturated heterocycles. The van der Waals surface area contributed by atoms with Crippen molar-refractivity contribution in [1.29, 1.82) is 0 Å². The number of pyridine rings is 2. The highest BCUT2D eigenvalue weighted by Crippen LogP contribution is 2.22. The highest BCUT2D eigenvalue weighted by Gasteiger charge is 2.23. The van der Waals surface area contributed by atoms with Crippen molar-refractivity contribution in [2.75, 3.05) is 69.1 Å². The van der Waals surface area contributed by atoms with Crippen molar-refractivity contribution in [3.05, 3.63) is 132 Å². The van der Waals surface area contributed by atoms with Crippen molar-refractivity contribution >= 4 is 70.0 Å². The number of aromatic nitrogens is 6. The molecule has 6 aromatic rings. The number of carbonyl (C=O) groups excluding carboxylic acids is 4. The first kappa shape index (κ1) is 58.1. The van der Waals surface area contributed by atoms with Crippen molar-refractivity contribution in [3.8, 4) is 0 Å². The fourth-order valence-electron chi connectivity index (χ4n) is 6.44. The Kier molecular flexibility index (Phi) is 24.0. The number of benzene rings is 2. The zero-order valence-corrected chi connectivity index (χ0v) is 40.6. The Balaban J connectivity index is 0.000000390. The summed E-state index contributed by atoms with van der Waals surface area (Å²) in [5, 5.41) is 21.3. The van der Waals surface area contributed by atoms with E-state index in [2.05, 4.69) is 74.0 Å².